The average molecular weight is 1620 g/mol. The Labute approximate surface area is 711 Å². The monoisotopic (exact) mass is 1620 g/mol. The molecule has 2 saturated heterocycles. The molecule has 2 aliphatic rings. The summed E-state index contributed by atoms with van der Waals surface area (Å²) in [6.07, 6.45) is 40.1. The molecule has 7 aromatic carbocycles. The smallest absolute Gasteiger partial charge is 0.311 e. The first-order chi connectivity index (χ1) is 58.5. The quantitative estimate of drug-likeness (QED) is 0.0220. The molecule has 13 nitrogen and oxygen atoms in total. The number of benzene rings is 7. The molecule has 2 fully saturated rings. The maximum Gasteiger partial charge on any atom is 0.311 e. The standard InChI is InChI=1S/C105H148O13/c1-3-5-7-9-11-13-15-17-19-21-23-25-27-29-31-33-35-37-60-76-94(108-78-86-61-45-38-46-62-86)93(75-59-36-34-32-30-28-26-24-22-20-18-16-14-12-10-8-6-4-2)103(107)115-85-96-98(110-80-88-65-49-40-50-66-88)100(112-82-90-69-53-42-54-70-90)102(114-84-92-73-57-44-58-74-92)105(117-96)118-104-101(113-83-91-71-55-43-56-72-91)99(111-81-89-67-51-41-52-68-89)97(95(77-106)116-104)109-79-87-63-47-39-48-64-87/h31,33,38-58,61-74,93-102,104-106H,3-30,32,34-37,59-60,75-85H2,1-2H3/b33-31-/t93-,94-,95+,96+,97+,98+,99-,100-,101+,102+,104+,105+/m0/s1. The summed E-state index contributed by atoms with van der Waals surface area (Å²) in [5.74, 6) is -0.925. The summed E-state index contributed by atoms with van der Waals surface area (Å²) in [5.41, 5.74) is 6.61. The highest BCUT2D eigenvalue weighted by Gasteiger charge is 2.55. The Morgan fingerprint density at radius 3 is 0.907 bits per heavy atom. The lowest BCUT2D eigenvalue weighted by Gasteiger charge is -2.49. The molecule has 1 N–H and O–H groups in total. The van der Waals surface area contributed by atoms with Crippen LogP contribution in [0, 0.1) is 5.92 Å². The first-order valence-corrected chi connectivity index (χ1v) is 46.4. The van der Waals surface area contributed by atoms with Crippen molar-refractivity contribution in [1.82, 2.24) is 0 Å². The van der Waals surface area contributed by atoms with Crippen molar-refractivity contribution in [3.8, 4) is 0 Å². The van der Waals surface area contributed by atoms with Crippen molar-refractivity contribution in [3.63, 3.8) is 0 Å². The number of rotatable bonds is 66. The molecular formula is C105H148O13. The fraction of sp³-hybridized carbons (Fsp3) is 0.571. The van der Waals surface area contributed by atoms with Crippen molar-refractivity contribution in [1.29, 1.82) is 0 Å². The number of carbonyl (C=O) groups excluding carboxylic acids is 1. The zero-order valence-corrected chi connectivity index (χ0v) is 72.2. The molecule has 646 valence electrons. The van der Waals surface area contributed by atoms with Gasteiger partial charge in [-0.2, -0.15) is 0 Å². The van der Waals surface area contributed by atoms with E-state index in [-0.39, 0.29) is 52.2 Å². The van der Waals surface area contributed by atoms with Gasteiger partial charge in [-0.15, -0.1) is 0 Å². The molecule has 13 heteroatoms. The number of ether oxygens (including phenoxy) is 11. The van der Waals surface area contributed by atoms with Gasteiger partial charge in [-0.1, -0.05) is 437 Å². The number of aliphatic hydroxyl groups excluding tert-OH is 1. The molecule has 0 bridgehead atoms. The maximum atomic E-state index is 15.9. The molecule has 0 saturated carbocycles. The Morgan fingerprint density at radius 1 is 0.314 bits per heavy atom. The van der Waals surface area contributed by atoms with Crippen molar-refractivity contribution >= 4 is 5.97 Å². The highest BCUT2D eigenvalue weighted by atomic mass is 16.8. The van der Waals surface area contributed by atoms with E-state index in [4.69, 9.17) is 52.1 Å². The van der Waals surface area contributed by atoms with E-state index in [2.05, 4.69) is 38.1 Å². The minimum Gasteiger partial charge on any atom is -0.463 e. The number of allylic oxidation sites excluding steroid dienone is 2. The Balaban J connectivity index is 0.982. The topological polar surface area (TPSA) is 139 Å². The summed E-state index contributed by atoms with van der Waals surface area (Å²) in [6, 6.07) is 70.3. The van der Waals surface area contributed by atoms with Gasteiger partial charge in [0.1, 0.15) is 55.4 Å². The second-order valence-corrected chi connectivity index (χ2v) is 33.1. The van der Waals surface area contributed by atoms with Crippen LogP contribution in [0.3, 0.4) is 0 Å². The minimum absolute atomic E-state index is 0.142. The minimum atomic E-state index is -1.31. The molecule has 2 aliphatic heterocycles. The summed E-state index contributed by atoms with van der Waals surface area (Å²) >= 11 is 0. The van der Waals surface area contributed by atoms with Crippen LogP contribution in [0.2, 0.25) is 0 Å². The molecule has 0 unspecified atom stereocenters. The third kappa shape index (κ3) is 37.7. The van der Waals surface area contributed by atoms with E-state index >= 15 is 4.79 Å². The second-order valence-electron chi connectivity index (χ2n) is 33.1. The molecule has 0 radical (unpaired) electrons. The Bertz CT molecular complexity index is 3560. The third-order valence-electron chi connectivity index (χ3n) is 23.4. The fourth-order valence-corrected chi connectivity index (χ4v) is 16.4. The van der Waals surface area contributed by atoms with Gasteiger partial charge < -0.3 is 57.2 Å². The number of carbonyl (C=O) groups is 1. The van der Waals surface area contributed by atoms with Crippen molar-refractivity contribution in [2.24, 2.45) is 5.92 Å². The number of hydrogen-bond acceptors (Lipinski definition) is 13. The predicted molar refractivity (Wildman–Crippen MR) is 476 cm³/mol. The van der Waals surface area contributed by atoms with E-state index in [1.165, 1.54) is 180 Å². The Morgan fingerprint density at radius 2 is 0.576 bits per heavy atom. The Kier molecular flexibility index (Phi) is 49.0. The summed E-state index contributed by atoms with van der Waals surface area (Å²) < 4.78 is 78.9. The number of esters is 1. The normalized spacial score (nSPS) is 20.0. The third-order valence-corrected chi connectivity index (χ3v) is 23.4. The SMILES string of the molecule is CCCCCCCCCCCCCCC/C=C\CCCC[C@H](OCc1ccccc1)[C@H](CCCCCCCCCCCCCCCCCCCC)C(=O)OC[C@H]1O[C@H](O[C@H]2O[C@H](CO)[C@@H](OCc3ccccc3)[C@H](OCc3ccccc3)[C@H]2OCc2ccccc2)[C@H](OCc2ccccc2)[C@@H](OCc2ccccc2)[C@@H]1OCc1ccccc1. The van der Waals surface area contributed by atoms with Gasteiger partial charge in [0.05, 0.1) is 64.9 Å². The first-order valence-electron chi connectivity index (χ1n) is 46.4. The highest BCUT2D eigenvalue weighted by molar-refractivity contribution is 5.73. The van der Waals surface area contributed by atoms with E-state index < -0.39 is 80.0 Å². The molecule has 2 heterocycles. The highest BCUT2D eigenvalue weighted by Crippen LogP contribution is 2.38. The van der Waals surface area contributed by atoms with Crippen LogP contribution in [0.15, 0.2) is 224 Å². The fourth-order valence-electron chi connectivity index (χ4n) is 16.4. The van der Waals surface area contributed by atoms with Gasteiger partial charge in [0.15, 0.2) is 12.6 Å². The van der Waals surface area contributed by atoms with Crippen molar-refractivity contribution in [2.45, 2.75) is 365 Å². The van der Waals surface area contributed by atoms with Crippen molar-refractivity contribution in [2.75, 3.05) is 13.2 Å². The molecule has 12 atom stereocenters. The van der Waals surface area contributed by atoms with Gasteiger partial charge >= 0.3 is 5.97 Å². The van der Waals surface area contributed by atoms with Crippen LogP contribution in [-0.2, 0) is 103 Å². The van der Waals surface area contributed by atoms with E-state index in [1.54, 1.807) is 0 Å². The van der Waals surface area contributed by atoms with E-state index in [9.17, 15) is 5.11 Å². The van der Waals surface area contributed by atoms with Crippen LogP contribution in [0.5, 0.6) is 0 Å². The molecule has 118 heavy (non-hydrogen) atoms. The van der Waals surface area contributed by atoms with Gasteiger partial charge in [0.2, 0.25) is 0 Å². The molecule has 0 spiro atoms. The van der Waals surface area contributed by atoms with E-state index in [0.717, 1.165) is 83.9 Å². The van der Waals surface area contributed by atoms with E-state index in [1.807, 2.05) is 200 Å². The molecule has 9 rings (SSSR count). The van der Waals surface area contributed by atoms with Gasteiger partial charge in [0, 0.05) is 0 Å². The largest absolute Gasteiger partial charge is 0.463 e. The zero-order chi connectivity index (χ0) is 82.0. The van der Waals surface area contributed by atoms with Crippen LogP contribution in [0.1, 0.15) is 290 Å². The average Bonchev–Trinajstić information content (AvgIpc) is 0.769. The second kappa shape index (κ2) is 60.7. The molecule has 7 aromatic rings. The summed E-state index contributed by atoms with van der Waals surface area (Å²) in [6.45, 7) is 5.32. The number of hydrogen-bond donors (Lipinski definition) is 1. The van der Waals surface area contributed by atoms with Crippen molar-refractivity contribution < 1.29 is 62.0 Å². The van der Waals surface area contributed by atoms with Gasteiger partial charge in [-0.25, -0.2) is 0 Å². The van der Waals surface area contributed by atoms with Gasteiger partial charge in [0.25, 0.3) is 0 Å². The first kappa shape index (κ1) is 95.2. The number of unbranched alkanes of at least 4 members (excludes halogenated alkanes) is 32. The summed E-state index contributed by atoms with van der Waals surface area (Å²) in [7, 11) is 0. The number of aliphatic hydroxyl groups is 1. The van der Waals surface area contributed by atoms with Crippen LogP contribution in [0.25, 0.3) is 0 Å². The van der Waals surface area contributed by atoms with Gasteiger partial charge in [-0.05, 0) is 77.5 Å². The van der Waals surface area contributed by atoms with E-state index in [0.29, 0.717) is 19.4 Å². The lowest BCUT2D eigenvalue weighted by atomic mass is 9.91. The Hall–Kier alpha value is -6.69. The van der Waals surface area contributed by atoms with Crippen LogP contribution in [0.4, 0.5) is 0 Å². The van der Waals surface area contributed by atoms with Gasteiger partial charge in [-0.3, -0.25) is 4.79 Å². The summed E-state index contributed by atoms with van der Waals surface area (Å²) in [4.78, 5) is 15.9. The molecule has 0 aromatic heterocycles. The summed E-state index contributed by atoms with van der Waals surface area (Å²) in [5, 5.41) is 11.6. The van der Waals surface area contributed by atoms with Crippen LogP contribution < -0.4 is 0 Å². The maximum absolute atomic E-state index is 15.9. The molecule has 0 amide bonds. The molecule has 0 aliphatic carbocycles. The van der Waals surface area contributed by atoms with Crippen LogP contribution >= 0.6 is 0 Å². The lowest BCUT2D eigenvalue weighted by molar-refractivity contribution is -0.393. The predicted octanol–water partition coefficient (Wildman–Crippen LogP) is 25.7. The zero-order valence-electron chi connectivity index (χ0n) is 72.2. The van der Waals surface area contributed by atoms with Crippen molar-refractivity contribution in [3.05, 3.63) is 263 Å². The lowest BCUT2D eigenvalue weighted by Crippen LogP contribution is -2.66. The van der Waals surface area contributed by atoms with Crippen LogP contribution in [-0.4, -0.2) is 91.8 Å². The molecular weight excluding hydrogens is 1470 g/mol.